The zero-order chi connectivity index (χ0) is 22.9. The Labute approximate surface area is 200 Å². The highest BCUT2D eigenvalue weighted by Crippen LogP contribution is 2.42. The van der Waals surface area contributed by atoms with Crippen molar-refractivity contribution in [2.75, 3.05) is 13.7 Å². The second-order valence-corrected chi connectivity index (χ2v) is 8.45. The van der Waals surface area contributed by atoms with Crippen molar-refractivity contribution < 1.29 is 14.3 Å². The normalized spacial score (nSPS) is 11.1. The highest BCUT2D eigenvalue weighted by Gasteiger charge is 2.27. The molecule has 2 aliphatic rings. The van der Waals surface area contributed by atoms with Gasteiger partial charge in [-0.15, -0.1) is 0 Å². The molecule has 0 aliphatic carbocycles. The number of esters is 1. The molecule has 0 aromatic heterocycles. The third-order valence-electron chi connectivity index (χ3n) is 5.57. The molecule has 0 spiro atoms. The molecular formula is C27H21BrN2O3. The Balaban J connectivity index is 1.93. The minimum Gasteiger partial charge on any atom is -0.497 e. The van der Waals surface area contributed by atoms with E-state index in [1.165, 1.54) is 0 Å². The van der Waals surface area contributed by atoms with Crippen molar-refractivity contribution in [2.45, 2.75) is 6.92 Å². The van der Waals surface area contributed by atoms with E-state index in [1.807, 2.05) is 90.4 Å². The fraction of sp³-hybridized carbons (Fsp3) is 0.111. The standard InChI is InChI=1S/C27H21BrN2O3/c1-3-33-27(31)24-16-21(17-7-5-4-6-8-17)25-26(22-15-18(28)9-14-23(22)29-25)30(24)19-10-12-20(32-2)13-11-19/h4-16H,3H2,1-2H3. The number of methoxy groups -OCH3 is 1. The Kier molecular flexibility index (Phi) is 5.60. The van der Waals surface area contributed by atoms with Gasteiger partial charge in [-0.25, -0.2) is 9.78 Å². The quantitative estimate of drug-likeness (QED) is 0.250. The predicted molar refractivity (Wildman–Crippen MR) is 133 cm³/mol. The Bertz CT molecular complexity index is 1430. The van der Waals surface area contributed by atoms with Gasteiger partial charge in [0.1, 0.15) is 11.4 Å². The number of fused-ring (bicyclic) bond motifs is 3. The molecule has 0 fully saturated rings. The van der Waals surface area contributed by atoms with Crippen LogP contribution in [0.15, 0.2) is 83.3 Å². The number of carbonyl (C=O) groups excluding carboxylic acids is 1. The molecule has 3 aromatic rings. The SMILES string of the molecule is CCOC(=O)c1cc(-c2ccccc2)c2nc3ccc(Br)cc3c-2n1-c1ccc(OC)cc1. The van der Waals surface area contributed by atoms with Gasteiger partial charge < -0.3 is 14.0 Å². The van der Waals surface area contributed by atoms with Crippen LogP contribution in [0, 0.1) is 0 Å². The van der Waals surface area contributed by atoms with Crippen molar-refractivity contribution in [3.63, 3.8) is 0 Å². The van der Waals surface area contributed by atoms with Gasteiger partial charge in [0.15, 0.2) is 0 Å². The molecule has 2 heterocycles. The number of rotatable bonds is 5. The Morgan fingerprint density at radius 3 is 2.45 bits per heavy atom. The molecule has 0 atom stereocenters. The summed E-state index contributed by atoms with van der Waals surface area (Å²) in [6.07, 6.45) is 0. The zero-order valence-electron chi connectivity index (χ0n) is 18.2. The van der Waals surface area contributed by atoms with Crippen LogP contribution >= 0.6 is 15.9 Å². The van der Waals surface area contributed by atoms with E-state index in [9.17, 15) is 4.79 Å². The average Bonchev–Trinajstić information content (AvgIpc) is 3.22. The fourth-order valence-corrected chi connectivity index (χ4v) is 4.45. The third kappa shape index (κ3) is 3.76. The minimum atomic E-state index is -0.392. The number of hydrogen-bond donors (Lipinski definition) is 0. The van der Waals surface area contributed by atoms with E-state index in [0.29, 0.717) is 5.69 Å². The Morgan fingerprint density at radius 1 is 1.00 bits per heavy atom. The van der Waals surface area contributed by atoms with Crippen molar-refractivity contribution in [3.05, 3.63) is 89.0 Å². The van der Waals surface area contributed by atoms with Gasteiger partial charge in [-0.05, 0) is 61.0 Å². The van der Waals surface area contributed by atoms with Crippen molar-refractivity contribution in [1.82, 2.24) is 9.55 Å². The van der Waals surface area contributed by atoms with Crippen LogP contribution in [0.4, 0.5) is 0 Å². The van der Waals surface area contributed by atoms with Crippen LogP contribution in [-0.2, 0) is 4.74 Å². The molecule has 33 heavy (non-hydrogen) atoms. The van der Waals surface area contributed by atoms with Crippen LogP contribution in [0.1, 0.15) is 17.4 Å². The monoisotopic (exact) mass is 500 g/mol. The predicted octanol–water partition coefficient (Wildman–Crippen LogP) is 6.75. The van der Waals surface area contributed by atoms with Gasteiger partial charge in [-0.3, -0.25) is 0 Å². The molecule has 164 valence electrons. The minimum absolute atomic E-state index is 0.283. The van der Waals surface area contributed by atoms with Crippen molar-refractivity contribution >= 4 is 32.8 Å². The number of ether oxygens (including phenoxy) is 2. The summed E-state index contributed by atoms with van der Waals surface area (Å²) in [7, 11) is 1.63. The van der Waals surface area contributed by atoms with Crippen molar-refractivity contribution in [1.29, 1.82) is 0 Å². The summed E-state index contributed by atoms with van der Waals surface area (Å²) < 4.78 is 13.7. The number of aromatic nitrogens is 2. The molecule has 0 saturated carbocycles. The topological polar surface area (TPSA) is 53.3 Å². The summed E-state index contributed by atoms with van der Waals surface area (Å²) in [6, 6.07) is 25.5. The first-order chi connectivity index (χ1) is 16.1. The van der Waals surface area contributed by atoms with Gasteiger partial charge in [0.2, 0.25) is 0 Å². The molecule has 0 amide bonds. The number of nitrogens with zero attached hydrogens (tertiary/aromatic N) is 2. The molecule has 2 aliphatic heterocycles. The lowest BCUT2D eigenvalue weighted by molar-refractivity contribution is 0.0516. The maximum absolute atomic E-state index is 13.2. The molecule has 0 bridgehead atoms. The molecule has 0 unspecified atom stereocenters. The summed E-state index contributed by atoms with van der Waals surface area (Å²) in [5.41, 5.74) is 5.63. The van der Waals surface area contributed by atoms with E-state index < -0.39 is 5.97 Å². The Hall–Kier alpha value is -3.64. The highest BCUT2D eigenvalue weighted by molar-refractivity contribution is 9.10. The summed E-state index contributed by atoms with van der Waals surface area (Å²) >= 11 is 3.59. The van der Waals surface area contributed by atoms with E-state index in [0.717, 1.165) is 49.3 Å². The summed E-state index contributed by atoms with van der Waals surface area (Å²) in [6.45, 7) is 2.09. The number of halogens is 1. The van der Waals surface area contributed by atoms with Gasteiger partial charge in [0.25, 0.3) is 0 Å². The molecule has 0 saturated heterocycles. The van der Waals surface area contributed by atoms with Crippen molar-refractivity contribution in [3.8, 4) is 34.0 Å². The second kappa shape index (κ2) is 8.71. The molecule has 5 rings (SSSR count). The van der Waals surface area contributed by atoms with E-state index in [4.69, 9.17) is 14.5 Å². The van der Waals surface area contributed by atoms with Gasteiger partial charge in [0.05, 0.1) is 30.6 Å². The van der Waals surface area contributed by atoms with Crippen LogP contribution in [0.2, 0.25) is 0 Å². The zero-order valence-corrected chi connectivity index (χ0v) is 19.8. The number of hydrogen-bond acceptors (Lipinski definition) is 4. The van der Waals surface area contributed by atoms with E-state index in [-0.39, 0.29) is 6.61 Å². The maximum Gasteiger partial charge on any atom is 0.355 e. The van der Waals surface area contributed by atoms with Crippen LogP contribution in [0.5, 0.6) is 5.75 Å². The molecule has 3 aromatic carbocycles. The lowest BCUT2D eigenvalue weighted by Crippen LogP contribution is -2.16. The molecular weight excluding hydrogens is 480 g/mol. The second-order valence-electron chi connectivity index (χ2n) is 7.53. The first-order valence-electron chi connectivity index (χ1n) is 10.6. The van der Waals surface area contributed by atoms with Crippen molar-refractivity contribution in [2.24, 2.45) is 0 Å². The van der Waals surface area contributed by atoms with Crippen LogP contribution in [0.3, 0.4) is 0 Å². The first kappa shape index (κ1) is 21.2. The Morgan fingerprint density at radius 2 is 1.76 bits per heavy atom. The van der Waals surface area contributed by atoms with Gasteiger partial charge in [0, 0.05) is 21.1 Å². The highest BCUT2D eigenvalue weighted by atomic mass is 79.9. The number of carbonyl (C=O) groups is 1. The molecule has 5 nitrogen and oxygen atoms in total. The smallest absolute Gasteiger partial charge is 0.355 e. The van der Waals surface area contributed by atoms with Crippen LogP contribution in [-0.4, -0.2) is 29.2 Å². The lowest BCUT2D eigenvalue weighted by Gasteiger charge is -2.21. The number of pyridine rings is 1. The van der Waals surface area contributed by atoms with E-state index >= 15 is 0 Å². The van der Waals surface area contributed by atoms with Gasteiger partial charge in [-0.2, -0.15) is 0 Å². The molecule has 0 N–H and O–H groups in total. The summed E-state index contributed by atoms with van der Waals surface area (Å²) in [4.78, 5) is 18.2. The van der Waals surface area contributed by atoms with Gasteiger partial charge in [-0.1, -0.05) is 46.3 Å². The largest absolute Gasteiger partial charge is 0.497 e. The van der Waals surface area contributed by atoms with E-state index in [2.05, 4.69) is 15.9 Å². The third-order valence-corrected chi connectivity index (χ3v) is 6.06. The number of benzene rings is 3. The summed E-state index contributed by atoms with van der Waals surface area (Å²) in [5.74, 6) is 0.346. The maximum atomic E-state index is 13.2. The summed E-state index contributed by atoms with van der Waals surface area (Å²) in [5, 5.41) is 0.943. The van der Waals surface area contributed by atoms with Crippen LogP contribution in [0.25, 0.3) is 39.1 Å². The van der Waals surface area contributed by atoms with Gasteiger partial charge >= 0.3 is 5.97 Å². The van der Waals surface area contributed by atoms with Crippen LogP contribution < -0.4 is 4.74 Å². The first-order valence-corrected chi connectivity index (χ1v) is 11.4. The lowest BCUT2D eigenvalue weighted by atomic mass is 9.99. The van der Waals surface area contributed by atoms with E-state index in [1.54, 1.807) is 7.11 Å². The molecule has 0 radical (unpaired) electrons. The fourth-order valence-electron chi connectivity index (χ4n) is 4.09. The average molecular weight is 501 g/mol. The molecule has 6 heteroatoms.